The van der Waals surface area contributed by atoms with E-state index in [-0.39, 0.29) is 17.1 Å². The summed E-state index contributed by atoms with van der Waals surface area (Å²) in [7, 11) is 0. The van der Waals surface area contributed by atoms with E-state index in [1.807, 2.05) is 0 Å². The number of aryl methyl sites for hydroxylation is 1. The maximum Gasteiger partial charge on any atom is 0.411 e. The molecule has 142 valence electrons. The van der Waals surface area contributed by atoms with E-state index in [4.69, 9.17) is 0 Å². The number of alkyl halides is 3. The minimum absolute atomic E-state index is 0.171. The molecule has 0 saturated heterocycles. The summed E-state index contributed by atoms with van der Waals surface area (Å²) >= 11 is 0. The molecule has 1 amide bonds. The average molecular weight is 376 g/mol. The lowest BCUT2D eigenvalue weighted by atomic mass is 10.3. The predicted octanol–water partition coefficient (Wildman–Crippen LogP) is 2.03. The molecule has 26 heavy (non-hydrogen) atoms. The lowest BCUT2D eigenvalue weighted by Gasteiger charge is -2.11. The van der Waals surface area contributed by atoms with Crippen molar-refractivity contribution in [3.05, 3.63) is 34.4 Å². The van der Waals surface area contributed by atoms with Gasteiger partial charge in [0.05, 0.1) is 23.0 Å². The summed E-state index contributed by atoms with van der Waals surface area (Å²) in [5, 5.41) is 21.0. The van der Waals surface area contributed by atoms with Crippen LogP contribution in [0, 0.1) is 17.0 Å². The van der Waals surface area contributed by atoms with Crippen LogP contribution in [0.25, 0.3) is 0 Å². The number of carbonyl (C=O) groups is 1. The molecule has 2 aromatic heterocycles. The minimum Gasteiger partial charge on any atom is -0.350 e. The molecular weight excluding hydrogens is 361 g/mol. The summed E-state index contributed by atoms with van der Waals surface area (Å²) in [6.45, 7) is 1.09. The fraction of sp³-hybridized carbons (Fsp3) is 0.462. The second kappa shape index (κ2) is 7.51. The molecule has 2 heterocycles. The predicted molar refractivity (Wildman–Crippen MR) is 81.2 cm³/mol. The van der Waals surface area contributed by atoms with Crippen molar-refractivity contribution in [2.24, 2.45) is 0 Å². The Kier molecular flexibility index (Phi) is 5.59. The van der Waals surface area contributed by atoms with Crippen LogP contribution in [0.5, 0.6) is 0 Å². The number of nitrogens with zero attached hydrogens (tertiary/aromatic N) is 5. The van der Waals surface area contributed by atoms with Gasteiger partial charge in [0.15, 0.2) is 0 Å². The van der Waals surface area contributed by atoms with Gasteiger partial charge in [0.1, 0.15) is 31.3 Å². The van der Waals surface area contributed by atoms with Crippen LogP contribution < -0.4 is 5.32 Å². The number of carbonyl (C=O) groups excluding carboxylic acids is 1. The van der Waals surface area contributed by atoms with Crippen molar-refractivity contribution in [2.75, 3.05) is 11.9 Å². The first-order chi connectivity index (χ1) is 12.1. The molecule has 1 N–H and O–H groups in total. The van der Waals surface area contributed by atoms with Crippen LogP contribution in [-0.2, 0) is 16.3 Å². The Bertz CT molecular complexity index is 800. The van der Waals surface area contributed by atoms with E-state index in [0.717, 1.165) is 15.6 Å². The van der Waals surface area contributed by atoms with E-state index in [1.54, 1.807) is 0 Å². The maximum absolute atomic E-state index is 12.2. The molecule has 1 atom stereocenters. The topological polar surface area (TPSA) is 117 Å². The van der Waals surface area contributed by atoms with E-state index in [0.29, 0.717) is 0 Å². The van der Waals surface area contributed by atoms with Crippen LogP contribution in [0.3, 0.4) is 0 Å². The average Bonchev–Trinajstić information content (AvgIpc) is 3.12. The van der Waals surface area contributed by atoms with Crippen LogP contribution >= 0.6 is 0 Å². The normalized spacial score (nSPS) is 12.8. The van der Waals surface area contributed by atoms with Crippen molar-refractivity contribution in [3.8, 4) is 0 Å². The van der Waals surface area contributed by atoms with Crippen molar-refractivity contribution < 1.29 is 27.6 Å². The van der Waals surface area contributed by atoms with Gasteiger partial charge in [-0.1, -0.05) is 0 Å². The zero-order valence-electron chi connectivity index (χ0n) is 13.7. The number of rotatable bonds is 7. The number of nitrogens with one attached hydrogen (secondary N) is 1. The van der Waals surface area contributed by atoms with E-state index in [2.05, 4.69) is 20.3 Å². The van der Waals surface area contributed by atoms with Crippen LogP contribution in [0.2, 0.25) is 0 Å². The number of ether oxygens (including phenoxy) is 1. The molecule has 10 nitrogen and oxygen atoms in total. The summed E-state index contributed by atoms with van der Waals surface area (Å²) in [6.07, 6.45) is -0.770. The molecule has 0 aromatic carbocycles. The smallest absolute Gasteiger partial charge is 0.350 e. The fourth-order valence-electron chi connectivity index (χ4n) is 1.97. The number of nitro groups is 1. The molecule has 0 bridgehead atoms. The van der Waals surface area contributed by atoms with Gasteiger partial charge in [0.25, 0.3) is 0 Å². The van der Waals surface area contributed by atoms with E-state index >= 15 is 0 Å². The zero-order chi connectivity index (χ0) is 19.5. The second-order valence-corrected chi connectivity index (χ2v) is 5.36. The molecule has 0 spiro atoms. The zero-order valence-corrected chi connectivity index (χ0v) is 13.7. The second-order valence-electron chi connectivity index (χ2n) is 5.36. The standard InChI is InChI=1S/C13H15F3N6O4/c1-8-11(22(24)25)5-21(19-8)9(2)12(23)18-10-3-17-20(4-10)7-26-6-13(14,15)16/h3-5,9H,6-7H2,1-2H3,(H,18,23). The Labute approximate surface area is 144 Å². The van der Waals surface area contributed by atoms with Gasteiger partial charge in [-0.15, -0.1) is 0 Å². The van der Waals surface area contributed by atoms with Gasteiger partial charge >= 0.3 is 11.9 Å². The lowest BCUT2D eigenvalue weighted by molar-refractivity contribution is -0.385. The third kappa shape index (κ3) is 5.02. The molecule has 2 aromatic rings. The monoisotopic (exact) mass is 376 g/mol. The molecule has 13 heteroatoms. The van der Waals surface area contributed by atoms with Crippen molar-refractivity contribution in [1.29, 1.82) is 0 Å². The quantitative estimate of drug-likeness (QED) is 0.584. The highest BCUT2D eigenvalue weighted by molar-refractivity contribution is 5.93. The van der Waals surface area contributed by atoms with Crippen molar-refractivity contribution in [2.45, 2.75) is 32.8 Å². The van der Waals surface area contributed by atoms with Gasteiger partial charge in [-0.05, 0) is 13.8 Å². The highest BCUT2D eigenvalue weighted by Gasteiger charge is 2.27. The largest absolute Gasteiger partial charge is 0.411 e. The molecule has 0 aliphatic heterocycles. The van der Waals surface area contributed by atoms with Gasteiger partial charge in [-0.2, -0.15) is 23.4 Å². The van der Waals surface area contributed by atoms with Gasteiger partial charge in [0, 0.05) is 0 Å². The Hall–Kier alpha value is -2.96. The maximum atomic E-state index is 12.2. The van der Waals surface area contributed by atoms with Gasteiger partial charge in [-0.25, -0.2) is 4.68 Å². The van der Waals surface area contributed by atoms with Crippen molar-refractivity contribution in [3.63, 3.8) is 0 Å². The number of anilines is 1. The first kappa shape index (κ1) is 19.4. The molecule has 0 aliphatic carbocycles. The summed E-state index contributed by atoms with van der Waals surface area (Å²) < 4.78 is 42.7. The van der Waals surface area contributed by atoms with Gasteiger partial charge in [-0.3, -0.25) is 19.6 Å². The highest BCUT2D eigenvalue weighted by Crippen LogP contribution is 2.19. The number of amides is 1. The summed E-state index contributed by atoms with van der Waals surface area (Å²) in [5.74, 6) is -0.529. The minimum atomic E-state index is -4.44. The Morgan fingerprint density at radius 2 is 2.15 bits per heavy atom. The van der Waals surface area contributed by atoms with Crippen LogP contribution in [0.15, 0.2) is 18.6 Å². The van der Waals surface area contributed by atoms with Gasteiger partial charge in [0.2, 0.25) is 5.91 Å². The number of hydrogen-bond acceptors (Lipinski definition) is 6. The summed E-state index contributed by atoms with van der Waals surface area (Å²) in [5.41, 5.74) is 0.194. The summed E-state index contributed by atoms with van der Waals surface area (Å²) in [4.78, 5) is 22.4. The van der Waals surface area contributed by atoms with Crippen molar-refractivity contribution >= 4 is 17.3 Å². The number of aromatic nitrogens is 4. The molecule has 0 radical (unpaired) electrons. The molecule has 0 aliphatic rings. The van der Waals surface area contributed by atoms with Gasteiger partial charge < -0.3 is 10.1 Å². The van der Waals surface area contributed by atoms with Crippen LogP contribution in [-0.4, -0.2) is 43.2 Å². The third-order valence-corrected chi connectivity index (χ3v) is 3.25. The Morgan fingerprint density at radius 1 is 1.46 bits per heavy atom. The number of halogens is 3. The molecule has 2 rings (SSSR count). The fourth-order valence-corrected chi connectivity index (χ4v) is 1.97. The first-order valence-electron chi connectivity index (χ1n) is 7.25. The SMILES string of the molecule is Cc1nn(C(C)C(=O)Nc2cnn(COCC(F)(F)F)c2)cc1[N+](=O)[O-]. The Balaban J connectivity index is 1.95. The third-order valence-electron chi connectivity index (χ3n) is 3.25. The van der Waals surface area contributed by atoms with E-state index in [1.165, 1.54) is 26.2 Å². The highest BCUT2D eigenvalue weighted by atomic mass is 19.4. The Morgan fingerprint density at radius 3 is 2.73 bits per heavy atom. The number of hydrogen-bond donors (Lipinski definition) is 1. The molecule has 0 fully saturated rings. The van der Waals surface area contributed by atoms with E-state index in [9.17, 15) is 28.1 Å². The molecule has 1 unspecified atom stereocenters. The lowest BCUT2D eigenvalue weighted by Crippen LogP contribution is -2.24. The molecular formula is C13H15F3N6O4. The van der Waals surface area contributed by atoms with E-state index < -0.39 is 36.4 Å². The van der Waals surface area contributed by atoms with Crippen LogP contribution in [0.4, 0.5) is 24.5 Å². The first-order valence-corrected chi connectivity index (χ1v) is 7.25. The summed E-state index contributed by atoms with van der Waals surface area (Å²) in [6, 6.07) is -0.854. The van der Waals surface area contributed by atoms with Crippen molar-refractivity contribution in [1.82, 2.24) is 19.6 Å². The van der Waals surface area contributed by atoms with Crippen LogP contribution in [0.1, 0.15) is 18.7 Å². The molecule has 0 saturated carbocycles.